The van der Waals surface area contributed by atoms with Crippen molar-refractivity contribution in [3.63, 3.8) is 0 Å². The fraction of sp³-hybridized carbons (Fsp3) is 0.409. The average Bonchev–Trinajstić information content (AvgIpc) is 3.11. The van der Waals surface area contributed by atoms with Crippen LogP contribution in [0.25, 0.3) is 11.0 Å². The topological polar surface area (TPSA) is 148 Å². The van der Waals surface area contributed by atoms with Gasteiger partial charge in [-0.3, -0.25) is 9.59 Å². The number of fused-ring (bicyclic) bond motifs is 1. The Morgan fingerprint density at radius 2 is 1.83 bits per heavy atom. The summed E-state index contributed by atoms with van der Waals surface area (Å²) in [5, 5.41) is 5.74. The zero-order valence-corrected chi connectivity index (χ0v) is 21.7. The Bertz CT molecular complexity index is 1230. The summed E-state index contributed by atoms with van der Waals surface area (Å²) in [4.78, 5) is 35.6. The van der Waals surface area contributed by atoms with Crippen LogP contribution >= 0.6 is 11.6 Å². The number of nitrogen functional groups attached to an aromatic ring is 2. The molecular weight excluding hydrogens is 493 g/mol. The van der Waals surface area contributed by atoms with Crippen LogP contribution in [-0.4, -0.2) is 58.4 Å². The van der Waals surface area contributed by atoms with Crippen LogP contribution in [0.1, 0.15) is 40.5 Å². The van der Waals surface area contributed by atoms with Crippen molar-refractivity contribution in [3.05, 3.63) is 40.4 Å². The highest BCUT2D eigenvalue weighted by molar-refractivity contribution is 6.31. The first kappa shape index (κ1) is 28.1. The number of hydrogen-bond acceptors (Lipinski definition) is 7. The molecule has 2 aromatic heterocycles. The number of aromatic nitrogens is 4. The first-order chi connectivity index (χ1) is 16.2. The Balaban J connectivity index is 0.00000432. The average molecular weight is 524 g/mol. The molecule has 2 amide bonds. The van der Waals surface area contributed by atoms with Gasteiger partial charge in [-0.1, -0.05) is 17.7 Å². The number of rotatable bonds is 9. The molecule has 3 rings (SSSR count). The van der Waals surface area contributed by atoms with Gasteiger partial charge in [-0.05, 0) is 40.1 Å². The van der Waals surface area contributed by atoms with Crippen molar-refractivity contribution in [1.82, 2.24) is 30.1 Å². The van der Waals surface area contributed by atoms with Gasteiger partial charge in [0.15, 0.2) is 33.5 Å². The highest BCUT2D eigenvalue weighted by Crippen LogP contribution is 2.20. The van der Waals surface area contributed by atoms with E-state index in [2.05, 4.69) is 25.2 Å². The SMILES string of the molecule is CCn1c(CNC(=O)c2nc(Cl)c(N)nc2N)[n+](CC)c2c(C(=O)NCCN(C)C)cccc21.[Cl-]. The third-order valence-corrected chi connectivity index (χ3v) is 5.73. The first-order valence-electron chi connectivity index (χ1n) is 11.0. The van der Waals surface area contributed by atoms with Crippen LogP contribution in [0.3, 0.4) is 0 Å². The molecule has 6 N–H and O–H groups in total. The molecule has 2 heterocycles. The van der Waals surface area contributed by atoms with Crippen molar-refractivity contribution in [2.24, 2.45) is 0 Å². The number of nitrogens with one attached hydrogen (secondary N) is 2. The van der Waals surface area contributed by atoms with Gasteiger partial charge >= 0.3 is 0 Å². The van der Waals surface area contributed by atoms with Crippen LogP contribution in [0, 0.1) is 0 Å². The van der Waals surface area contributed by atoms with Gasteiger partial charge in [-0.25, -0.2) is 19.1 Å². The Morgan fingerprint density at radius 1 is 1.11 bits per heavy atom. The van der Waals surface area contributed by atoms with Crippen molar-refractivity contribution >= 4 is 46.1 Å². The van der Waals surface area contributed by atoms with Crippen molar-refractivity contribution < 1.29 is 26.6 Å². The van der Waals surface area contributed by atoms with Crippen LogP contribution in [-0.2, 0) is 19.6 Å². The maximum atomic E-state index is 13.0. The van der Waals surface area contributed by atoms with E-state index in [4.69, 9.17) is 23.1 Å². The molecule has 11 nitrogen and oxygen atoms in total. The Kier molecular flexibility index (Phi) is 9.64. The van der Waals surface area contributed by atoms with Gasteiger partial charge in [0.2, 0.25) is 0 Å². The maximum absolute atomic E-state index is 13.0. The standard InChI is InChI=1S/C22H30ClN9O2.ClH/c1-5-31-14-9-7-8-13(21(33)26-10-11-30(3)4)17(14)32(6-2)15(31)12-27-22(34)16-19(24)29-20(25)18(23)28-16;/h7-9H,5-6,10-12H2,1-4H3,(H5-,24,25,26,27,29,33,34);1H. The van der Waals surface area contributed by atoms with E-state index in [1.54, 1.807) is 0 Å². The minimum absolute atomic E-state index is 0. The fourth-order valence-electron chi connectivity index (χ4n) is 3.85. The number of nitrogens with zero attached hydrogens (tertiary/aromatic N) is 5. The van der Waals surface area contributed by atoms with Crippen LogP contribution in [0.5, 0.6) is 0 Å². The highest BCUT2D eigenvalue weighted by atomic mass is 35.5. The zero-order valence-electron chi connectivity index (χ0n) is 20.2. The Hall–Kier alpha value is -3.15. The lowest BCUT2D eigenvalue weighted by atomic mass is 10.1. The fourth-order valence-corrected chi connectivity index (χ4v) is 3.98. The summed E-state index contributed by atoms with van der Waals surface area (Å²) in [7, 11) is 3.91. The quantitative estimate of drug-likeness (QED) is 0.232. The number of amides is 2. The monoisotopic (exact) mass is 523 g/mol. The van der Waals surface area contributed by atoms with E-state index in [0.29, 0.717) is 25.2 Å². The number of hydrogen-bond donors (Lipinski definition) is 4. The lowest BCUT2D eigenvalue weighted by Gasteiger charge is -2.10. The molecule has 3 aromatic rings. The van der Waals surface area contributed by atoms with E-state index in [-0.39, 0.29) is 47.3 Å². The summed E-state index contributed by atoms with van der Waals surface area (Å²) >= 11 is 5.91. The van der Waals surface area contributed by atoms with Gasteiger partial charge in [0.25, 0.3) is 17.6 Å². The summed E-state index contributed by atoms with van der Waals surface area (Å²) in [6.45, 7) is 6.72. The van der Waals surface area contributed by atoms with Crippen molar-refractivity contribution in [2.75, 3.05) is 38.7 Å². The molecule has 1 aromatic carbocycles. The molecule has 190 valence electrons. The molecule has 0 fully saturated rings. The number of anilines is 2. The lowest BCUT2D eigenvalue weighted by molar-refractivity contribution is -0.676. The van der Waals surface area contributed by atoms with Gasteiger partial charge < -0.3 is 39.4 Å². The van der Waals surface area contributed by atoms with E-state index in [1.165, 1.54) is 0 Å². The third kappa shape index (κ3) is 5.92. The molecule has 13 heteroatoms. The number of carbonyl (C=O) groups is 2. The normalized spacial score (nSPS) is 10.9. The lowest BCUT2D eigenvalue weighted by Crippen LogP contribution is -3.00. The van der Waals surface area contributed by atoms with E-state index in [9.17, 15) is 9.59 Å². The number of nitrogens with two attached hydrogens (primary N) is 2. The minimum Gasteiger partial charge on any atom is -1.00 e. The van der Waals surface area contributed by atoms with Crippen LogP contribution < -0.4 is 39.1 Å². The molecule has 0 aliphatic rings. The highest BCUT2D eigenvalue weighted by Gasteiger charge is 2.28. The third-order valence-electron chi connectivity index (χ3n) is 5.45. The van der Waals surface area contributed by atoms with Gasteiger partial charge in [-0.15, -0.1) is 0 Å². The smallest absolute Gasteiger partial charge is 0.277 e. The summed E-state index contributed by atoms with van der Waals surface area (Å²) in [6, 6.07) is 5.65. The number of likely N-dealkylation sites (N-methyl/N-ethyl adjacent to an activating group) is 1. The molecular formula is C22H31Cl2N9O2. The largest absolute Gasteiger partial charge is 1.00 e. The first-order valence-corrected chi connectivity index (χ1v) is 11.4. The summed E-state index contributed by atoms with van der Waals surface area (Å²) in [6.07, 6.45) is 0. The number of aryl methyl sites for hydroxylation is 2. The number of benzene rings is 1. The summed E-state index contributed by atoms with van der Waals surface area (Å²) in [5.74, 6) is 0.0228. The predicted octanol–water partition coefficient (Wildman–Crippen LogP) is -2.20. The number of halogens is 2. The molecule has 0 spiro atoms. The molecule has 0 radical (unpaired) electrons. The molecule has 35 heavy (non-hydrogen) atoms. The molecule has 0 bridgehead atoms. The predicted molar refractivity (Wildman–Crippen MR) is 131 cm³/mol. The second kappa shape index (κ2) is 12.0. The molecule has 0 aliphatic heterocycles. The van der Waals surface area contributed by atoms with Gasteiger partial charge in [-0.2, -0.15) is 0 Å². The minimum atomic E-state index is -0.524. The van der Waals surface area contributed by atoms with E-state index < -0.39 is 5.91 Å². The molecule has 0 atom stereocenters. The van der Waals surface area contributed by atoms with Crippen molar-refractivity contribution in [2.45, 2.75) is 33.5 Å². The summed E-state index contributed by atoms with van der Waals surface area (Å²) < 4.78 is 4.10. The molecule has 0 saturated carbocycles. The molecule has 0 unspecified atom stereocenters. The van der Waals surface area contributed by atoms with Crippen LogP contribution in [0.2, 0.25) is 5.15 Å². The van der Waals surface area contributed by atoms with E-state index >= 15 is 0 Å². The number of carbonyl (C=O) groups excluding carboxylic acids is 2. The second-order valence-electron chi connectivity index (χ2n) is 7.95. The summed E-state index contributed by atoms with van der Waals surface area (Å²) in [5.41, 5.74) is 13.6. The Morgan fingerprint density at radius 3 is 2.46 bits per heavy atom. The number of imidazole rings is 1. The van der Waals surface area contributed by atoms with Crippen LogP contribution in [0.4, 0.5) is 11.6 Å². The van der Waals surface area contributed by atoms with Crippen molar-refractivity contribution in [3.8, 4) is 0 Å². The van der Waals surface area contributed by atoms with Gasteiger partial charge in [0, 0.05) is 13.1 Å². The molecule has 0 saturated heterocycles. The van der Waals surface area contributed by atoms with Gasteiger partial charge in [0.1, 0.15) is 6.54 Å². The zero-order chi connectivity index (χ0) is 25.0. The van der Waals surface area contributed by atoms with Crippen LogP contribution in [0.15, 0.2) is 18.2 Å². The van der Waals surface area contributed by atoms with Gasteiger partial charge in [0.05, 0.1) is 18.7 Å². The maximum Gasteiger partial charge on any atom is 0.277 e. The van der Waals surface area contributed by atoms with E-state index in [0.717, 1.165) is 23.4 Å². The Labute approximate surface area is 215 Å². The second-order valence-corrected chi connectivity index (χ2v) is 8.31. The van der Waals surface area contributed by atoms with Crippen molar-refractivity contribution in [1.29, 1.82) is 0 Å². The number of para-hydroxylation sites is 1. The van der Waals surface area contributed by atoms with E-state index in [1.807, 2.05) is 55.6 Å². The molecule has 0 aliphatic carbocycles.